The summed E-state index contributed by atoms with van der Waals surface area (Å²) in [7, 11) is 0. The normalized spacial score (nSPS) is 12.4. The van der Waals surface area contributed by atoms with Crippen LogP contribution < -0.4 is 0 Å². The van der Waals surface area contributed by atoms with Gasteiger partial charge in [-0.15, -0.1) is 0 Å². The van der Waals surface area contributed by atoms with E-state index in [-0.39, 0.29) is 4.83 Å². The second-order valence-electron chi connectivity index (χ2n) is 3.15. The van der Waals surface area contributed by atoms with Crippen molar-refractivity contribution in [2.45, 2.75) is 56.7 Å². The molecule has 0 aromatic carbocycles. The van der Waals surface area contributed by atoms with Crippen LogP contribution in [0.2, 0.25) is 0 Å². The van der Waals surface area contributed by atoms with Gasteiger partial charge in [-0.1, -0.05) is 61.4 Å². The van der Waals surface area contributed by atoms with Gasteiger partial charge in [0.1, 0.15) is 4.83 Å². The number of hydrogen-bond acceptors (Lipinski definition) is 1. The predicted octanol–water partition coefficient (Wildman–Crippen LogP) is 4.02. The molecular formula is C10H18BrN. The zero-order valence-corrected chi connectivity index (χ0v) is 9.44. The maximum atomic E-state index is 8.48. The van der Waals surface area contributed by atoms with E-state index in [0.29, 0.717) is 0 Å². The van der Waals surface area contributed by atoms with Gasteiger partial charge in [-0.3, -0.25) is 0 Å². The van der Waals surface area contributed by atoms with Crippen molar-refractivity contribution in [1.82, 2.24) is 0 Å². The number of nitriles is 1. The highest BCUT2D eigenvalue weighted by Gasteiger charge is 1.99. The molecule has 0 rings (SSSR count). The van der Waals surface area contributed by atoms with Gasteiger partial charge in [0.25, 0.3) is 0 Å². The molecule has 0 aliphatic carbocycles. The molecule has 70 valence electrons. The third-order valence-corrected chi connectivity index (χ3v) is 2.61. The molecule has 0 aromatic rings. The van der Waals surface area contributed by atoms with E-state index in [1.54, 1.807) is 0 Å². The van der Waals surface area contributed by atoms with Crippen molar-refractivity contribution < 1.29 is 0 Å². The molecule has 0 aromatic heterocycles. The molecule has 0 aliphatic heterocycles. The van der Waals surface area contributed by atoms with Crippen molar-refractivity contribution in [2.75, 3.05) is 0 Å². The summed E-state index contributed by atoms with van der Waals surface area (Å²) in [6.07, 6.45) is 8.82. The summed E-state index contributed by atoms with van der Waals surface area (Å²) in [4.78, 5) is 0.0728. The van der Waals surface area contributed by atoms with Gasteiger partial charge < -0.3 is 0 Å². The van der Waals surface area contributed by atoms with Crippen LogP contribution in [0.4, 0.5) is 0 Å². The first-order valence-electron chi connectivity index (χ1n) is 4.85. The summed E-state index contributed by atoms with van der Waals surface area (Å²) < 4.78 is 0. The minimum Gasteiger partial charge on any atom is -0.197 e. The minimum atomic E-state index is 0.0728. The van der Waals surface area contributed by atoms with Crippen LogP contribution in [-0.2, 0) is 0 Å². The summed E-state index contributed by atoms with van der Waals surface area (Å²) in [5.41, 5.74) is 0. The zero-order valence-electron chi connectivity index (χ0n) is 7.85. The number of unbranched alkanes of at least 4 members (excludes halogenated alkanes) is 5. The Hall–Kier alpha value is -0.0300. The largest absolute Gasteiger partial charge is 0.197 e. The summed E-state index contributed by atoms with van der Waals surface area (Å²) >= 11 is 3.30. The maximum Gasteiger partial charge on any atom is 0.101 e. The Balaban J connectivity index is 2.96. The third kappa shape index (κ3) is 8.07. The molecule has 0 N–H and O–H groups in total. The molecule has 2 heteroatoms. The Morgan fingerprint density at radius 2 is 1.75 bits per heavy atom. The molecular weight excluding hydrogens is 214 g/mol. The van der Waals surface area contributed by atoms with Crippen LogP contribution >= 0.6 is 15.9 Å². The van der Waals surface area contributed by atoms with E-state index in [2.05, 4.69) is 28.9 Å². The van der Waals surface area contributed by atoms with Gasteiger partial charge in [0.2, 0.25) is 0 Å². The van der Waals surface area contributed by atoms with Gasteiger partial charge >= 0.3 is 0 Å². The Labute approximate surface area is 84.3 Å². The molecule has 0 saturated heterocycles. The van der Waals surface area contributed by atoms with Gasteiger partial charge in [-0.2, -0.15) is 5.26 Å². The van der Waals surface area contributed by atoms with Crippen LogP contribution in [0.15, 0.2) is 0 Å². The lowest BCUT2D eigenvalue weighted by Gasteiger charge is -2.00. The molecule has 0 heterocycles. The fourth-order valence-electron chi connectivity index (χ4n) is 1.17. The van der Waals surface area contributed by atoms with Crippen LogP contribution in [0, 0.1) is 11.3 Å². The fourth-order valence-corrected chi connectivity index (χ4v) is 1.49. The van der Waals surface area contributed by atoms with Gasteiger partial charge in [-0.05, 0) is 6.42 Å². The number of alkyl halides is 1. The first kappa shape index (κ1) is 12.0. The predicted molar refractivity (Wildman–Crippen MR) is 56.3 cm³/mol. The number of rotatable bonds is 7. The van der Waals surface area contributed by atoms with E-state index in [1.165, 1.54) is 38.5 Å². The molecule has 0 aliphatic rings. The lowest BCUT2D eigenvalue weighted by Crippen LogP contribution is -1.92. The lowest BCUT2D eigenvalue weighted by molar-refractivity contribution is 0.597. The first-order valence-corrected chi connectivity index (χ1v) is 5.76. The fraction of sp³-hybridized carbons (Fsp3) is 0.900. The molecule has 0 saturated carbocycles. The van der Waals surface area contributed by atoms with Gasteiger partial charge in [-0.25, -0.2) is 0 Å². The highest BCUT2D eigenvalue weighted by atomic mass is 79.9. The van der Waals surface area contributed by atoms with Gasteiger partial charge in [0, 0.05) is 0 Å². The molecule has 12 heavy (non-hydrogen) atoms. The van der Waals surface area contributed by atoms with E-state index in [0.717, 1.165) is 6.42 Å². The first-order chi connectivity index (χ1) is 5.81. The van der Waals surface area contributed by atoms with Crippen LogP contribution in [0.1, 0.15) is 51.9 Å². The van der Waals surface area contributed by atoms with Gasteiger partial charge in [0.15, 0.2) is 0 Å². The van der Waals surface area contributed by atoms with Crippen LogP contribution in [0.5, 0.6) is 0 Å². The van der Waals surface area contributed by atoms with E-state index in [1.807, 2.05) is 0 Å². The van der Waals surface area contributed by atoms with E-state index < -0.39 is 0 Å². The highest BCUT2D eigenvalue weighted by molar-refractivity contribution is 9.09. The van der Waals surface area contributed by atoms with Gasteiger partial charge in [0.05, 0.1) is 6.07 Å². The van der Waals surface area contributed by atoms with Crippen molar-refractivity contribution in [3.8, 4) is 6.07 Å². The minimum absolute atomic E-state index is 0.0728. The second kappa shape index (κ2) is 9.06. The summed E-state index contributed by atoms with van der Waals surface area (Å²) in [5.74, 6) is 0. The molecule has 0 amide bonds. The molecule has 1 nitrogen and oxygen atoms in total. The van der Waals surface area contributed by atoms with E-state index in [9.17, 15) is 0 Å². The van der Waals surface area contributed by atoms with Crippen LogP contribution in [0.25, 0.3) is 0 Å². The van der Waals surface area contributed by atoms with Crippen molar-refractivity contribution in [1.29, 1.82) is 5.26 Å². The molecule has 0 radical (unpaired) electrons. The standard InChI is InChI=1S/C10H18BrN/c1-2-3-4-5-6-7-8-10(11)9-12/h10H,2-8H2,1H3. The second-order valence-corrected chi connectivity index (χ2v) is 4.26. The lowest BCUT2D eigenvalue weighted by atomic mass is 10.1. The average molecular weight is 232 g/mol. The van der Waals surface area contributed by atoms with Crippen molar-refractivity contribution in [2.24, 2.45) is 0 Å². The van der Waals surface area contributed by atoms with Crippen LogP contribution in [-0.4, -0.2) is 4.83 Å². The van der Waals surface area contributed by atoms with E-state index in [4.69, 9.17) is 5.26 Å². The smallest absolute Gasteiger partial charge is 0.101 e. The molecule has 1 unspecified atom stereocenters. The monoisotopic (exact) mass is 231 g/mol. The Kier molecular flexibility index (Phi) is 9.04. The SMILES string of the molecule is CCCCCCCCC(Br)C#N. The Morgan fingerprint density at radius 1 is 1.17 bits per heavy atom. The average Bonchev–Trinajstić information content (AvgIpc) is 2.10. The Bertz CT molecular complexity index is 128. The van der Waals surface area contributed by atoms with Crippen molar-refractivity contribution in [3.05, 3.63) is 0 Å². The molecule has 1 atom stereocenters. The molecule has 0 fully saturated rings. The Morgan fingerprint density at radius 3 is 2.33 bits per heavy atom. The maximum absolute atomic E-state index is 8.48. The highest BCUT2D eigenvalue weighted by Crippen LogP contribution is 2.12. The summed E-state index contributed by atoms with van der Waals surface area (Å²) in [6.45, 7) is 2.23. The third-order valence-electron chi connectivity index (χ3n) is 1.95. The van der Waals surface area contributed by atoms with Crippen molar-refractivity contribution in [3.63, 3.8) is 0 Å². The van der Waals surface area contributed by atoms with Crippen LogP contribution in [0.3, 0.4) is 0 Å². The summed E-state index contributed by atoms with van der Waals surface area (Å²) in [5, 5.41) is 8.48. The van der Waals surface area contributed by atoms with E-state index >= 15 is 0 Å². The van der Waals surface area contributed by atoms with Crippen molar-refractivity contribution >= 4 is 15.9 Å². The zero-order chi connectivity index (χ0) is 9.23. The molecule has 0 bridgehead atoms. The quantitative estimate of drug-likeness (QED) is 0.480. The number of hydrogen-bond donors (Lipinski definition) is 0. The number of nitrogens with zero attached hydrogens (tertiary/aromatic N) is 1. The topological polar surface area (TPSA) is 23.8 Å². The molecule has 0 spiro atoms. The summed E-state index contributed by atoms with van der Waals surface area (Å²) in [6, 6.07) is 2.18. The number of halogens is 1.